The Bertz CT molecular complexity index is 632. The molecule has 0 unspecified atom stereocenters. The maximum Gasteiger partial charge on any atom is 0.226 e. The van der Waals surface area contributed by atoms with Gasteiger partial charge in [-0.15, -0.1) is 0 Å². The fourth-order valence-corrected chi connectivity index (χ4v) is 2.18. The monoisotopic (exact) mass is 326 g/mol. The average molecular weight is 327 g/mol. The molecule has 0 fully saturated rings. The smallest absolute Gasteiger partial charge is 0.226 e. The molecule has 0 radical (unpaired) electrons. The molecular formula is C15H13Cl2FN2O. The first-order chi connectivity index (χ1) is 10.0. The van der Waals surface area contributed by atoms with E-state index in [9.17, 15) is 9.18 Å². The molecule has 2 aromatic carbocycles. The van der Waals surface area contributed by atoms with E-state index in [0.29, 0.717) is 22.3 Å². The normalized spacial score (nSPS) is 10.2. The highest BCUT2D eigenvalue weighted by Gasteiger charge is 2.04. The molecule has 3 nitrogen and oxygen atoms in total. The molecule has 21 heavy (non-hydrogen) atoms. The van der Waals surface area contributed by atoms with E-state index in [4.69, 9.17) is 23.2 Å². The van der Waals surface area contributed by atoms with E-state index in [-0.39, 0.29) is 18.1 Å². The number of carbonyl (C=O) groups is 1. The van der Waals surface area contributed by atoms with Crippen molar-refractivity contribution in [1.29, 1.82) is 0 Å². The Labute approximate surface area is 132 Å². The molecule has 2 aromatic rings. The van der Waals surface area contributed by atoms with Crippen LogP contribution in [0.15, 0.2) is 42.5 Å². The number of hydrogen-bond donors (Lipinski definition) is 2. The first-order valence-electron chi connectivity index (χ1n) is 6.29. The molecule has 0 heterocycles. The van der Waals surface area contributed by atoms with Crippen LogP contribution in [0.5, 0.6) is 0 Å². The topological polar surface area (TPSA) is 41.1 Å². The van der Waals surface area contributed by atoms with Crippen LogP contribution in [0.4, 0.5) is 15.8 Å². The van der Waals surface area contributed by atoms with Gasteiger partial charge < -0.3 is 10.6 Å². The van der Waals surface area contributed by atoms with Gasteiger partial charge in [0.15, 0.2) is 0 Å². The molecule has 0 aliphatic heterocycles. The van der Waals surface area contributed by atoms with E-state index < -0.39 is 0 Å². The molecule has 0 atom stereocenters. The second kappa shape index (κ2) is 7.29. The van der Waals surface area contributed by atoms with E-state index in [0.717, 1.165) is 5.69 Å². The number of anilines is 2. The van der Waals surface area contributed by atoms with Crippen LogP contribution in [-0.4, -0.2) is 12.5 Å². The van der Waals surface area contributed by atoms with Gasteiger partial charge in [0.1, 0.15) is 5.82 Å². The van der Waals surface area contributed by atoms with Gasteiger partial charge in [-0.25, -0.2) is 4.39 Å². The molecule has 2 N–H and O–H groups in total. The van der Waals surface area contributed by atoms with E-state index in [1.807, 2.05) is 0 Å². The Morgan fingerprint density at radius 1 is 1.10 bits per heavy atom. The Morgan fingerprint density at radius 2 is 1.81 bits per heavy atom. The van der Waals surface area contributed by atoms with Crippen LogP contribution in [0.25, 0.3) is 0 Å². The quantitative estimate of drug-likeness (QED) is 0.844. The van der Waals surface area contributed by atoms with Gasteiger partial charge in [0.2, 0.25) is 5.91 Å². The van der Waals surface area contributed by atoms with Gasteiger partial charge in [-0.2, -0.15) is 0 Å². The van der Waals surface area contributed by atoms with Crippen molar-refractivity contribution in [2.75, 3.05) is 17.2 Å². The van der Waals surface area contributed by atoms with Crippen molar-refractivity contribution in [1.82, 2.24) is 0 Å². The van der Waals surface area contributed by atoms with Crippen molar-refractivity contribution in [3.05, 3.63) is 58.3 Å². The van der Waals surface area contributed by atoms with Crippen molar-refractivity contribution in [3.63, 3.8) is 0 Å². The van der Waals surface area contributed by atoms with Crippen LogP contribution < -0.4 is 10.6 Å². The third-order valence-corrected chi connectivity index (χ3v) is 3.27. The molecule has 0 saturated carbocycles. The third-order valence-electron chi connectivity index (χ3n) is 2.73. The van der Waals surface area contributed by atoms with Crippen LogP contribution in [0.2, 0.25) is 10.0 Å². The highest BCUT2D eigenvalue weighted by molar-refractivity contribution is 6.36. The summed E-state index contributed by atoms with van der Waals surface area (Å²) in [6.45, 7) is 0.425. The molecule has 0 aliphatic rings. The van der Waals surface area contributed by atoms with Crippen molar-refractivity contribution >= 4 is 40.5 Å². The second-order valence-electron chi connectivity index (χ2n) is 4.36. The zero-order chi connectivity index (χ0) is 15.2. The first-order valence-corrected chi connectivity index (χ1v) is 7.04. The van der Waals surface area contributed by atoms with E-state index >= 15 is 0 Å². The summed E-state index contributed by atoms with van der Waals surface area (Å²) >= 11 is 11.8. The summed E-state index contributed by atoms with van der Waals surface area (Å²) in [5, 5.41) is 6.79. The molecule has 0 aromatic heterocycles. The minimum Gasteiger partial charge on any atom is -0.383 e. The van der Waals surface area contributed by atoms with Gasteiger partial charge in [-0.05, 0) is 42.5 Å². The predicted molar refractivity (Wildman–Crippen MR) is 84.6 cm³/mol. The molecule has 0 aliphatic carbocycles. The second-order valence-corrected chi connectivity index (χ2v) is 5.20. The molecule has 0 spiro atoms. The lowest BCUT2D eigenvalue weighted by molar-refractivity contribution is -0.115. The maximum atomic E-state index is 12.7. The fraction of sp³-hybridized carbons (Fsp3) is 0.133. The van der Waals surface area contributed by atoms with Crippen LogP contribution in [0, 0.1) is 5.82 Å². The van der Waals surface area contributed by atoms with Crippen molar-refractivity contribution in [3.8, 4) is 0 Å². The number of rotatable bonds is 5. The largest absolute Gasteiger partial charge is 0.383 e. The van der Waals surface area contributed by atoms with E-state index in [1.54, 1.807) is 18.2 Å². The zero-order valence-electron chi connectivity index (χ0n) is 11.0. The highest BCUT2D eigenvalue weighted by atomic mass is 35.5. The van der Waals surface area contributed by atoms with Crippen LogP contribution in [0.3, 0.4) is 0 Å². The molecule has 0 bridgehead atoms. The molecule has 6 heteroatoms. The van der Waals surface area contributed by atoms with Crippen molar-refractivity contribution in [2.24, 2.45) is 0 Å². The van der Waals surface area contributed by atoms with Gasteiger partial charge in [0.25, 0.3) is 0 Å². The van der Waals surface area contributed by atoms with Gasteiger partial charge in [0.05, 0.1) is 10.7 Å². The number of hydrogen-bond acceptors (Lipinski definition) is 2. The average Bonchev–Trinajstić information content (AvgIpc) is 2.44. The Balaban J connectivity index is 1.80. The van der Waals surface area contributed by atoms with E-state index in [2.05, 4.69) is 10.6 Å². The van der Waals surface area contributed by atoms with E-state index in [1.165, 1.54) is 24.3 Å². The third kappa shape index (κ3) is 4.92. The summed E-state index contributed by atoms with van der Waals surface area (Å²) in [7, 11) is 0. The van der Waals surface area contributed by atoms with Gasteiger partial charge in [-0.1, -0.05) is 23.2 Å². The van der Waals surface area contributed by atoms with Gasteiger partial charge in [-0.3, -0.25) is 4.79 Å². The Kier molecular flexibility index (Phi) is 5.42. The molecule has 0 saturated heterocycles. The minimum atomic E-state index is -0.341. The van der Waals surface area contributed by atoms with Crippen molar-refractivity contribution in [2.45, 2.75) is 6.42 Å². The molecule has 1 amide bonds. The SMILES string of the molecule is O=C(CCNc1ccc(Cl)cc1Cl)Nc1ccc(F)cc1. The Morgan fingerprint density at radius 3 is 2.48 bits per heavy atom. The fourth-order valence-electron chi connectivity index (χ4n) is 1.70. The number of halogens is 3. The number of nitrogens with one attached hydrogen (secondary N) is 2. The number of benzene rings is 2. The summed E-state index contributed by atoms with van der Waals surface area (Å²) in [6, 6.07) is 10.7. The Hall–Kier alpha value is -1.78. The molecule has 2 rings (SSSR count). The minimum absolute atomic E-state index is 0.167. The summed E-state index contributed by atoms with van der Waals surface area (Å²) in [6.07, 6.45) is 0.260. The lowest BCUT2D eigenvalue weighted by Crippen LogP contribution is -2.16. The predicted octanol–water partition coefficient (Wildman–Crippen LogP) is 4.57. The number of amides is 1. The molecule has 110 valence electrons. The summed E-state index contributed by atoms with van der Waals surface area (Å²) in [4.78, 5) is 11.7. The van der Waals surface area contributed by atoms with Crippen LogP contribution in [0.1, 0.15) is 6.42 Å². The zero-order valence-corrected chi connectivity index (χ0v) is 12.5. The lowest BCUT2D eigenvalue weighted by atomic mass is 10.3. The summed E-state index contributed by atoms with van der Waals surface area (Å²) in [5.74, 6) is -0.508. The van der Waals surface area contributed by atoms with Crippen LogP contribution in [-0.2, 0) is 4.79 Å². The standard InChI is InChI=1S/C15H13Cl2FN2O/c16-10-1-6-14(13(17)9-10)19-8-7-15(21)20-12-4-2-11(18)3-5-12/h1-6,9,19H,7-8H2,(H,20,21). The van der Waals surface area contributed by atoms with Gasteiger partial charge >= 0.3 is 0 Å². The van der Waals surface area contributed by atoms with Gasteiger partial charge in [0, 0.05) is 23.7 Å². The first kappa shape index (κ1) is 15.6. The van der Waals surface area contributed by atoms with Crippen LogP contribution >= 0.6 is 23.2 Å². The number of carbonyl (C=O) groups excluding carboxylic acids is 1. The maximum absolute atomic E-state index is 12.7. The summed E-state index contributed by atoms with van der Waals surface area (Å²) in [5.41, 5.74) is 1.28. The highest BCUT2D eigenvalue weighted by Crippen LogP contribution is 2.25. The van der Waals surface area contributed by atoms with Crippen molar-refractivity contribution < 1.29 is 9.18 Å². The lowest BCUT2D eigenvalue weighted by Gasteiger charge is -2.09. The summed E-state index contributed by atoms with van der Waals surface area (Å²) < 4.78 is 12.7. The molecular weight excluding hydrogens is 314 g/mol.